The van der Waals surface area contributed by atoms with Gasteiger partial charge in [0.1, 0.15) is 0 Å². The molecule has 5 heteroatoms. The highest BCUT2D eigenvalue weighted by Gasteiger charge is 2.31. The molecular formula is C20H13O4P. The van der Waals surface area contributed by atoms with Gasteiger partial charge in [0.2, 0.25) is 0 Å². The number of fused-ring (bicyclic) bond motifs is 3. The highest BCUT2D eigenvalue weighted by Crippen LogP contribution is 2.54. The molecule has 4 nitrogen and oxygen atoms in total. The van der Waals surface area contributed by atoms with Crippen molar-refractivity contribution in [1.29, 1.82) is 0 Å². The molecule has 0 aromatic heterocycles. The highest BCUT2D eigenvalue weighted by molar-refractivity contribution is 7.43. The first kappa shape index (κ1) is 14.4. The van der Waals surface area contributed by atoms with Gasteiger partial charge in [-0.25, -0.2) is 0 Å². The lowest BCUT2D eigenvalue weighted by atomic mass is 10.1. The van der Waals surface area contributed by atoms with Gasteiger partial charge in [-0.15, -0.1) is 0 Å². The van der Waals surface area contributed by atoms with Crippen LogP contribution in [0.5, 0.6) is 23.0 Å². The van der Waals surface area contributed by atoms with Crippen LogP contribution in [0.3, 0.4) is 0 Å². The predicted octanol–water partition coefficient (Wildman–Crippen LogP) is 5.78. The smallest absolute Gasteiger partial charge is 0.504 e. The Morgan fingerprint density at radius 2 is 1.16 bits per heavy atom. The molecule has 1 N–H and O–H groups in total. The van der Waals surface area contributed by atoms with Crippen LogP contribution in [0.4, 0.5) is 0 Å². The van der Waals surface area contributed by atoms with E-state index < -0.39 is 8.60 Å². The summed E-state index contributed by atoms with van der Waals surface area (Å²) in [5.74, 6) is 1.73. The molecule has 0 atom stereocenters. The lowest BCUT2D eigenvalue weighted by molar-refractivity contribution is 0.403. The summed E-state index contributed by atoms with van der Waals surface area (Å²) in [7, 11) is -1.64. The van der Waals surface area contributed by atoms with Crippen LogP contribution in [-0.2, 0) is 0 Å². The molecule has 4 aromatic rings. The normalized spacial score (nSPS) is 13.4. The van der Waals surface area contributed by atoms with E-state index in [0.717, 1.165) is 21.5 Å². The first-order valence-corrected chi connectivity index (χ1v) is 8.94. The van der Waals surface area contributed by atoms with Crippen molar-refractivity contribution in [2.75, 3.05) is 0 Å². The molecule has 0 aliphatic carbocycles. The average molecular weight is 348 g/mol. The average Bonchev–Trinajstić information content (AvgIpc) is 3.01. The van der Waals surface area contributed by atoms with Crippen molar-refractivity contribution in [2.24, 2.45) is 0 Å². The summed E-state index contributed by atoms with van der Waals surface area (Å²) >= 11 is 0. The third-order valence-electron chi connectivity index (χ3n) is 4.16. The van der Waals surface area contributed by atoms with Crippen molar-refractivity contribution >= 4 is 30.1 Å². The summed E-state index contributed by atoms with van der Waals surface area (Å²) < 4.78 is 17.4. The standard InChI is InChI=1S/C20H13O4P/c21-17-9-13-5-1-2-6-14(13)10-18(17)22-25-23-19-11-15-7-3-4-8-16(15)12-20(19)24-25/h1-12,21H. The van der Waals surface area contributed by atoms with Crippen LogP contribution in [0.25, 0.3) is 21.5 Å². The van der Waals surface area contributed by atoms with E-state index in [1.807, 2.05) is 60.7 Å². The lowest BCUT2D eigenvalue weighted by Gasteiger charge is -2.11. The Labute approximate surface area is 145 Å². The molecule has 1 heterocycles. The fourth-order valence-electron chi connectivity index (χ4n) is 2.92. The molecule has 1 aliphatic rings. The molecule has 0 saturated heterocycles. The number of hydrogen-bond acceptors (Lipinski definition) is 4. The number of hydrogen-bond donors (Lipinski definition) is 1. The summed E-state index contributed by atoms with van der Waals surface area (Å²) in [6.07, 6.45) is 0. The molecule has 0 bridgehead atoms. The fourth-order valence-corrected chi connectivity index (χ4v) is 3.94. The van der Waals surface area contributed by atoms with Crippen molar-refractivity contribution < 1.29 is 18.7 Å². The van der Waals surface area contributed by atoms with E-state index in [9.17, 15) is 5.11 Å². The minimum Gasteiger partial charge on any atom is -0.504 e. The zero-order chi connectivity index (χ0) is 16.8. The highest BCUT2D eigenvalue weighted by atomic mass is 31.2. The van der Waals surface area contributed by atoms with Gasteiger partial charge in [-0.05, 0) is 45.8 Å². The van der Waals surface area contributed by atoms with Gasteiger partial charge >= 0.3 is 8.60 Å². The van der Waals surface area contributed by atoms with Crippen LogP contribution < -0.4 is 13.6 Å². The Morgan fingerprint density at radius 3 is 1.72 bits per heavy atom. The van der Waals surface area contributed by atoms with E-state index in [1.165, 1.54) is 0 Å². The molecule has 5 rings (SSSR count). The van der Waals surface area contributed by atoms with E-state index in [2.05, 4.69) is 0 Å². The van der Waals surface area contributed by atoms with Crippen LogP contribution in [-0.4, -0.2) is 5.11 Å². The van der Waals surface area contributed by atoms with Gasteiger partial charge in [0.25, 0.3) is 0 Å². The molecule has 1 aliphatic heterocycles. The first-order valence-electron chi connectivity index (χ1n) is 7.85. The number of phenolic OH excluding ortho intramolecular Hbond substituents is 1. The maximum Gasteiger partial charge on any atom is 0.530 e. The largest absolute Gasteiger partial charge is 0.530 e. The van der Waals surface area contributed by atoms with E-state index >= 15 is 0 Å². The maximum absolute atomic E-state index is 10.2. The summed E-state index contributed by atoms with van der Waals surface area (Å²) in [5, 5.41) is 14.3. The zero-order valence-electron chi connectivity index (χ0n) is 13.0. The molecule has 0 unspecified atom stereocenters. The number of benzene rings is 4. The van der Waals surface area contributed by atoms with Gasteiger partial charge < -0.3 is 18.7 Å². The zero-order valence-corrected chi connectivity index (χ0v) is 13.9. The molecule has 0 amide bonds. The summed E-state index contributed by atoms with van der Waals surface area (Å²) in [6.45, 7) is 0. The predicted molar refractivity (Wildman–Crippen MR) is 98.4 cm³/mol. The van der Waals surface area contributed by atoms with Gasteiger partial charge in [-0.2, -0.15) is 0 Å². The molecular weight excluding hydrogens is 335 g/mol. The third kappa shape index (κ3) is 2.51. The topological polar surface area (TPSA) is 47.9 Å². The molecule has 0 spiro atoms. The van der Waals surface area contributed by atoms with Crippen LogP contribution in [0, 0.1) is 0 Å². The molecule has 122 valence electrons. The van der Waals surface area contributed by atoms with Crippen LogP contribution in [0.1, 0.15) is 0 Å². The molecule has 0 fully saturated rings. The minimum absolute atomic E-state index is 0.0644. The van der Waals surface area contributed by atoms with Crippen molar-refractivity contribution in [3.05, 3.63) is 72.8 Å². The van der Waals surface area contributed by atoms with E-state index in [-0.39, 0.29) is 5.75 Å². The van der Waals surface area contributed by atoms with E-state index in [4.69, 9.17) is 13.6 Å². The molecule has 0 saturated carbocycles. The Morgan fingerprint density at radius 1 is 0.680 bits per heavy atom. The number of aromatic hydroxyl groups is 1. The number of rotatable bonds is 2. The summed E-state index contributed by atoms with van der Waals surface area (Å²) in [4.78, 5) is 0. The van der Waals surface area contributed by atoms with Gasteiger partial charge in [0.15, 0.2) is 23.0 Å². The monoisotopic (exact) mass is 348 g/mol. The number of phenols is 1. The lowest BCUT2D eigenvalue weighted by Crippen LogP contribution is -1.95. The quantitative estimate of drug-likeness (QED) is 0.467. The first-order chi connectivity index (χ1) is 12.3. The van der Waals surface area contributed by atoms with Gasteiger partial charge in [-0.3, -0.25) is 0 Å². The Balaban J connectivity index is 1.45. The van der Waals surface area contributed by atoms with Gasteiger partial charge in [-0.1, -0.05) is 48.5 Å². The Hall–Kier alpha value is -2.97. The summed E-state index contributed by atoms with van der Waals surface area (Å²) in [6, 6.07) is 23.1. The Kier molecular flexibility index (Phi) is 3.19. The molecule has 25 heavy (non-hydrogen) atoms. The molecule has 0 radical (unpaired) electrons. The molecule has 4 aromatic carbocycles. The second-order valence-electron chi connectivity index (χ2n) is 5.81. The maximum atomic E-state index is 10.2. The van der Waals surface area contributed by atoms with Crippen LogP contribution in [0.15, 0.2) is 72.8 Å². The fraction of sp³-hybridized carbons (Fsp3) is 0. The van der Waals surface area contributed by atoms with Crippen LogP contribution >= 0.6 is 8.60 Å². The van der Waals surface area contributed by atoms with Gasteiger partial charge in [0.05, 0.1) is 0 Å². The minimum atomic E-state index is -1.64. The second-order valence-corrected chi connectivity index (χ2v) is 6.81. The second kappa shape index (κ2) is 5.54. The van der Waals surface area contributed by atoms with Crippen LogP contribution in [0.2, 0.25) is 0 Å². The van der Waals surface area contributed by atoms with Crippen molar-refractivity contribution in [1.82, 2.24) is 0 Å². The van der Waals surface area contributed by atoms with E-state index in [1.54, 1.807) is 12.1 Å². The van der Waals surface area contributed by atoms with E-state index in [0.29, 0.717) is 17.2 Å². The van der Waals surface area contributed by atoms with Crippen molar-refractivity contribution in [3.8, 4) is 23.0 Å². The Bertz CT molecular complexity index is 1060. The third-order valence-corrected chi connectivity index (χ3v) is 5.20. The van der Waals surface area contributed by atoms with Crippen molar-refractivity contribution in [2.45, 2.75) is 0 Å². The van der Waals surface area contributed by atoms with Gasteiger partial charge in [0, 0.05) is 0 Å². The summed E-state index contributed by atoms with van der Waals surface area (Å²) in [5.41, 5.74) is 0. The van der Waals surface area contributed by atoms with Crippen molar-refractivity contribution in [3.63, 3.8) is 0 Å². The SMILES string of the molecule is Oc1cc2ccccc2cc1OP1Oc2cc3ccccc3cc2O1.